The van der Waals surface area contributed by atoms with E-state index in [-0.39, 0.29) is 22.8 Å². The monoisotopic (exact) mass is 368 g/mol. The number of benzene rings is 1. The molecule has 1 amide bonds. The maximum absolute atomic E-state index is 13.0. The fourth-order valence-corrected chi connectivity index (χ4v) is 4.48. The first-order valence-corrected chi connectivity index (χ1v) is 9.30. The van der Waals surface area contributed by atoms with Crippen LogP contribution in [0.25, 0.3) is 0 Å². The molecule has 1 saturated heterocycles. The Bertz CT molecular complexity index is 901. The molecule has 3 N–H and O–H groups in total. The first kappa shape index (κ1) is 17.7. The molecule has 2 aliphatic rings. The van der Waals surface area contributed by atoms with Gasteiger partial charge in [0.25, 0.3) is 11.5 Å². The van der Waals surface area contributed by atoms with Gasteiger partial charge in [0, 0.05) is 31.2 Å². The largest absolute Gasteiger partial charge is 0.369 e. The standard InChI is InChI=1S/C20H24N4O3/c1-27-15(13-5-3-2-4-6-13)18(26)24-11-9-20(10-12-24)8-7-14-16(20)22-19(21)23-17(14)25/h2-6,15H,7-12H2,1H3,(H3,21,22,23,25). The van der Waals surface area contributed by atoms with Gasteiger partial charge in [0.1, 0.15) is 0 Å². The summed E-state index contributed by atoms with van der Waals surface area (Å²) in [4.78, 5) is 34.1. The molecular weight excluding hydrogens is 344 g/mol. The van der Waals surface area contributed by atoms with Crippen molar-refractivity contribution in [2.24, 2.45) is 0 Å². The van der Waals surface area contributed by atoms with E-state index in [0.29, 0.717) is 13.1 Å². The molecule has 4 rings (SSSR count). The summed E-state index contributed by atoms with van der Waals surface area (Å²) in [5.74, 6) is 0.150. The second kappa shape index (κ2) is 6.81. The van der Waals surface area contributed by atoms with Crippen molar-refractivity contribution in [1.29, 1.82) is 0 Å². The highest BCUT2D eigenvalue weighted by Crippen LogP contribution is 2.44. The van der Waals surface area contributed by atoms with Gasteiger partial charge in [-0.3, -0.25) is 14.6 Å². The van der Waals surface area contributed by atoms with Crippen molar-refractivity contribution in [3.63, 3.8) is 0 Å². The zero-order chi connectivity index (χ0) is 19.0. The van der Waals surface area contributed by atoms with Gasteiger partial charge in [0.05, 0.1) is 5.69 Å². The number of rotatable bonds is 3. The molecule has 1 fully saturated rings. The van der Waals surface area contributed by atoms with E-state index in [1.54, 1.807) is 7.11 Å². The quantitative estimate of drug-likeness (QED) is 0.856. The third-order valence-electron chi connectivity index (χ3n) is 5.98. The molecule has 1 aliphatic carbocycles. The van der Waals surface area contributed by atoms with Crippen molar-refractivity contribution in [1.82, 2.24) is 14.9 Å². The van der Waals surface area contributed by atoms with E-state index in [4.69, 9.17) is 10.5 Å². The fourth-order valence-electron chi connectivity index (χ4n) is 4.48. The lowest BCUT2D eigenvalue weighted by Crippen LogP contribution is -2.46. The van der Waals surface area contributed by atoms with Gasteiger partial charge in [-0.1, -0.05) is 30.3 Å². The van der Waals surface area contributed by atoms with Crippen molar-refractivity contribution in [2.75, 3.05) is 25.9 Å². The molecule has 2 heterocycles. The van der Waals surface area contributed by atoms with E-state index < -0.39 is 6.10 Å². The van der Waals surface area contributed by atoms with Gasteiger partial charge in [-0.05, 0) is 31.2 Å². The molecule has 27 heavy (non-hydrogen) atoms. The molecule has 1 spiro atoms. The highest BCUT2D eigenvalue weighted by molar-refractivity contribution is 5.82. The number of methoxy groups -OCH3 is 1. The minimum atomic E-state index is -0.590. The Morgan fingerprint density at radius 2 is 1.96 bits per heavy atom. The second-order valence-electron chi connectivity index (χ2n) is 7.41. The summed E-state index contributed by atoms with van der Waals surface area (Å²) in [7, 11) is 1.56. The van der Waals surface area contributed by atoms with E-state index in [0.717, 1.165) is 42.5 Å². The van der Waals surface area contributed by atoms with E-state index in [9.17, 15) is 9.59 Å². The number of carbonyl (C=O) groups is 1. The minimum absolute atomic E-state index is 0.0184. The third kappa shape index (κ3) is 3.02. The molecule has 1 unspecified atom stereocenters. The second-order valence-corrected chi connectivity index (χ2v) is 7.41. The van der Waals surface area contributed by atoms with Crippen LogP contribution < -0.4 is 11.3 Å². The van der Waals surface area contributed by atoms with Crippen LogP contribution in [0.2, 0.25) is 0 Å². The van der Waals surface area contributed by atoms with Gasteiger partial charge in [0.2, 0.25) is 5.95 Å². The van der Waals surface area contributed by atoms with E-state index in [2.05, 4.69) is 9.97 Å². The zero-order valence-electron chi connectivity index (χ0n) is 15.4. The maximum atomic E-state index is 13.0. The number of anilines is 1. The van der Waals surface area contributed by atoms with Gasteiger partial charge in [-0.25, -0.2) is 4.98 Å². The Labute approximate surface area is 157 Å². The SMILES string of the molecule is COC(C(=O)N1CCC2(CCc3c2nc(N)[nH]c3=O)CC1)c1ccccc1. The van der Waals surface area contributed by atoms with Crippen LogP contribution in [0.3, 0.4) is 0 Å². The summed E-state index contributed by atoms with van der Waals surface area (Å²) in [5.41, 5.74) is 7.94. The number of ether oxygens (including phenoxy) is 1. The van der Waals surface area contributed by atoms with Crippen LogP contribution >= 0.6 is 0 Å². The number of piperidine rings is 1. The molecule has 0 bridgehead atoms. The van der Waals surface area contributed by atoms with E-state index >= 15 is 0 Å². The smallest absolute Gasteiger partial charge is 0.256 e. The van der Waals surface area contributed by atoms with Crippen molar-refractivity contribution in [3.8, 4) is 0 Å². The molecule has 7 nitrogen and oxygen atoms in total. The van der Waals surface area contributed by atoms with Gasteiger partial charge < -0.3 is 15.4 Å². The third-order valence-corrected chi connectivity index (χ3v) is 5.98. The molecule has 1 atom stereocenters. The van der Waals surface area contributed by atoms with Gasteiger partial charge in [-0.15, -0.1) is 0 Å². The number of nitrogen functional groups attached to an aromatic ring is 1. The average molecular weight is 368 g/mol. The number of nitrogens with one attached hydrogen (secondary N) is 1. The summed E-state index contributed by atoms with van der Waals surface area (Å²) < 4.78 is 5.49. The van der Waals surface area contributed by atoms with Crippen LogP contribution in [-0.2, 0) is 21.4 Å². The summed E-state index contributed by atoms with van der Waals surface area (Å²) in [6.45, 7) is 1.25. The average Bonchev–Trinajstić information content (AvgIpc) is 3.02. The van der Waals surface area contributed by atoms with Crippen LogP contribution in [-0.4, -0.2) is 41.0 Å². The number of hydrogen-bond acceptors (Lipinski definition) is 5. The van der Waals surface area contributed by atoms with E-state index in [1.807, 2.05) is 35.2 Å². The van der Waals surface area contributed by atoms with Crippen LogP contribution in [0.4, 0.5) is 5.95 Å². The lowest BCUT2D eigenvalue weighted by molar-refractivity contribution is -0.144. The number of H-pyrrole nitrogens is 1. The van der Waals surface area contributed by atoms with Crippen molar-refractivity contribution in [3.05, 3.63) is 57.5 Å². The summed E-state index contributed by atoms with van der Waals surface area (Å²) in [5, 5.41) is 0. The number of fused-ring (bicyclic) bond motifs is 2. The van der Waals surface area contributed by atoms with Gasteiger partial charge in [0.15, 0.2) is 6.10 Å². The number of hydrogen-bond donors (Lipinski definition) is 2. The first-order chi connectivity index (χ1) is 13.0. The number of aromatic nitrogens is 2. The Balaban J connectivity index is 1.52. The highest BCUT2D eigenvalue weighted by Gasteiger charge is 2.45. The van der Waals surface area contributed by atoms with Crippen molar-refractivity contribution < 1.29 is 9.53 Å². The summed E-state index contributed by atoms with van der Waals surface area (Å²) >= 11 is 0. The Kier molecular flexibility index (Phi) is 4.47. The number of amides is 1. The number of nitrogens with zero attached hydrogens (tertiary/aromatic N) is 2. The highest BCUT2D eigenvalue weighted by atomic mass is 16.5. The van der Waals surface area contributed by atoms with Crippen LogP contribution in [0, 0.1) is 0 Å². The Morgan fingerprint density at radius 3 is 2.63 bits per heavy atom. The minimum Gasteiger partial charge on any atom is -0.369 e. The number of carbonyl (C=O) groups excluding carboxylic acids is 1. The molecule has 0 radical (unpaired) electrons. The Hall–Kier alpha value is -2.67. The summed E-state index contributed by atoms with van der Waals surface area (Å²) in [6.07, 6.45) is 2.58. The normalized spacial score (nSPS) is 19.1. The van der Waals surface area contributed by atoms with Crippen LogP contribution in [0.1, 0.15) is 42.2 Å². The van der Waals surface area contributed by atoms with Crippen molar-refractivity contribution >= 4 is 11.9 Å². The first-order valence-electron chi connectivity index (χ1n) is 9.30. The molecule has 1 aromatic heterocycles. The summed E-state index contributed by atoms with van der Waals surface area (Å²) in [6, 6.07) is 9.54. The van der Waals surface area contributed by atoms with Crippen LogP contribution in [0.5, 0.6) is 0 Å². The van der Waals surface area contributed by atoms with Gasteiger partial charge in [-0.2, -0.15) is 0 Å². The molecule has 1 aromatic carbocycles. The lowest BCUT2D eigenvalue weighted by Gasteiger charge is -2.40. The Morgan fingerprint density at radius 1 is 1.26 bits per heavy atom. The predicted octanol–water partition coefficient (Wildman–Crippen LogP) is 1.55. The van der Waals surface area contributed by atoms with Crippen LogP contribution in [0.15, 0.2) is 35.1 Å². The maximum Gasteiger partial charge on any atom is 0.256 e. The molecule has 1 aliphatic heterocycles. The fraction of sp³-hybridized carbons (Fsp3) is 0.450. The molecule has 7 heteroatoms. The lowest BCUT2D eigenvalue weighted by atomic mass is 9.76. The molecule has 2 aromatic rings. The zero-order valence-corrected chi connectivity index (χ0v) is 15.4. The molecule has 0 saturated carbocycles. The van der Waals surface area contributed by atoms with Gasteiger partial charge >= 0.3 is 0 Å². The van der Waals surface area contributed by atoms with E-state index in [1.165, 1.54) is 0 Å². The molecule has 142 valence electrons. The number of aromatic amines is 1. The number of likely N-dealkylation sites (tertiary alicyclic amines) is 1. The predicted molar refractivity (Wildman–Crippen MR) is 101 cm³/mol. The molecular formula is C20H24N4O3. The topological polar surface area (TPSA) is 101 Å². The van der Waals surface area contributed by atoms with Crippen molar-refractivity contribution in [2.45, 2.75) is 37.2 Å². The number of nitrogens with two attached hydrogens (primary N) is 1.